The zero-order valence-corrected chi connectivity index (χ0v) is 26.7. The van der Waals surface area contributed by atoms with E-state index < -0.39 is 6.16 Å². The van der Waals surface area contributed by atoms with Gasteiger partial charge in [-0.25, -0.2) is 4.79 Å². The van der Waals surface area contributed by atoms with Crippen molar-refractivity contribution >= 4 is 6.16 Å². The third-order valence-corrected chi connectivity index (χ3v) is 8.54. The number of carbonyl (C=O) groups excluding carboxylic acids is 1. The van der Waals surface area contributed by atoms with E-state index in [9.17, 15) is 15.0 Å². The molecule has 48 heavy (non-hydrogen) atoms. The van der Waals surface area contributed by atoms with Gasteiger partial charge in [0.25, 0.3) is 0 Å². The quantitative estimate of drug-likeness (QED) is 0.131. The first-order chi connectivity index (χ1) is 23.5. The molecule has 0 aliphatic carbocycles. The minimum Gasteiger partial charge on any atom is -0.507 e. The fourth-order valence-electron chi connectivity index (χ4n) is 5.96. The second kappa shape index (κ2) is 15.7. The standard InChI is InChI=1S/C43H38O5/c44-41-37(23-21-35(25-31-13-5-1-6-14-31)39(41)27-33-17-9-3-10-18-33)29-47-43(46)48-30-38-24-22-36(26-32-15-7-2-8-16-32)40(42(38)45)28-34-19-11-4-12-20-34/h1-24,44-45H,25-30H2. The number of phenolic OH excluding ortho intramolecular Hbond substituents is 2. The number of hydrogen-bond donors (Lipinski definition) is 2. The van der Waals surface area contributed by atoms with Crippen molar-refractivity contribution in [2.45, 2.75) is 38.9 Å². The molecule has 0 unspecified atom stereocenters. The lowest BCUT2D eigenvalue weighted by atomic mass is 9.92. The normalized spacial score (nSPS) is 10.8. The van der Waals surface area contributed by atoms with Gasteiger partial charge < -0.3 is 19.7 Å². The molecule has 6 rings (SSSR count). The third kappa shape index (κ3) is 8.31. The van der Waals surface area contributed by atoms with Crippen LogP contribution in [0.2, 0.25) is 0 Å². The molecule has 6 aromatic carbocycles. The van der Waals surface area contributed by atoms with Crippen LogP contribution >= 0.6 is 0 Å². The lowest BCUT2D eigenvalue weighted by Crippen LogP contribution is -2.09. The largest absolute Gasteiger partial charge is 0.508 e. The first-order valence-electron chi connectivity index (χ1n) is 16.1. The fraction of sp³-hybridized carbons (Fsp3) is 0.140. The summed E-state index contributed by atoms with van der Waals surface area (Å²) in [5.74, 6) is 0.217. The van der Waals surface area contributed by atoms with E-state index >= 15 is 0 Å². The van der Waals surface area contributed by atoms with Gasteiger partial charge in [0.15, 0.2) is 0 Å². The van der Waals surface area contributed by atoms with Crippen molar-refractivity contribution in [3.05, 3.63) is 201 Å². The summed E-state index contributed by atoms with van der Waals surface area (Å²) in [7, 11) is 0. The maximum atomic E-state index is 12.8. The van der Waals surface area contributed by atoms with Crippen LogP contribution in [0.3, 0.4) is 0 Å². The molecule has 0 saturated heterocycles. The predicted molar refractivity (Wildman–Crippen MR) is 188 cm³/mol. The average Bonchev–Trinajstić information content (AvgIpc) is 3.12. The predicted octanol–water partition coefficient (Wildman–Crippen LogP) is 9.31. The summed E-state index contributed by atoms with van der Waals surface area (Å²) in [6.45, 7) is -0.307. The molecule has 6 aromatic rings. The van der Waals surface area contributed by atoms with Crippen LogP contribution in [0.1, 0.15) is 55.6 Å². The van der Waals surface area contributed by atoms with E-state index in [2.05, 4.69) is 24.3 Å². The Hall–Kier alpha value is -5.81. The van der Waals surface area contributed by atoms with Gasteiger partial charge in [-0.3, -0.25) is 0 Å². The summed E-state index contributed by atoms with van der Waals surface area (Å²) in [5.41, 5.74) is 9.02. The van der Waals surface area contributed by atoms with Crippen LogP contribution in [0.5, 0.6) is 11.5 Å². The zero-order chi connectivity index (χ0) is 33.1. The van der Waals surface area contributed by atoms with Crippen molar-refractivity contribution in [3.63, 3.8) is 0 Å². The van der Waals surface area contributed by atoms with E-state index in [1.807, 2.05) is 109 Å². The number of rotatable bonds is 12. The molecule has 0 aliphatic rings. The topological polar surface area (TPSA) is 76.0 Å². The minimum absolute atomic E-state index is 0.109. The van der Waals surface area contributed by atoms with E-state index in [-0.39, 0.29) is 24.7 Å². The highest BCUT2D eigenvalue weighted by molar-refractivity contribution is 5.61. The molecule has 0 heterocycles. The summed E-state index contributed by atoms with van der Waals surface area (Å²) >= 11 is 0. The number of carbonyl (C=O) groups is 1. The minimum atomic E-state index is -0.884. The molecule has 0 aromatic heterocycles. The maximum absolute atomic E-state index is 12.8. The molecule has 5 heteroatoms. The zero-order valence-electron chi connectivity index (χ0n) is 26.7. The summed E-state index contributed by atoms with van der Waals surface area (Å²) < 4.78 is 10.9. The van der Waals surface area contributed by atoms with Crippen molar-refractivity contribution in [1.82, 2.24) is 0 Å². The van der Waals surface area contributed by atoms with E-state index in [1.165, 1.54) is 0 Å². The van der Waals surface area contributed by atoms with Crippen LogP contribution < -0.4 is 0 Å². The van der Waals surface area contributed by atoms with Crippen molar-refractivity contribution in [3.8, 4) is 11.5 Å². The molecule has 5 nitrogen and oxygen atoms in total. The second-order valence-corrected chi connectivity index (χ2v) is 11.9. The number of ether oxygens (including phenoxy) is 2. The molecule has 0 saturated carbocycles. The van der Waals surface area contributed by atoms with Gasteiger partial charge in [0.2, 0.25) is 0 Å². The molecule has 0 aliphatic heterocycles. The summed E-state index contributed by atoms with van der Waals surface area (Å²) in [6.07, 6.45) is 1.53. The van der Waals surface area contributed by atoms with Crippen LogP contribution in [-0.2, 0) is 48.4 Å². The molecule has 0 fully saturated rings. The van der Waals surface area contributed by atoms with Crippen LogP contribution in [0.4, 0.5) is 4.79 Å². The fourth-order valence-corrected chi connectivity index (χ4v) is 5.96. The SMILES string of the molecule is O=C(OCc1ccc(Cc2ccccc2)c(Cc2ccccc2)c1O)OCc1ccc(Cc2ccccc2)c(Cc2ccccc2)c1O. The van der Waals surface area contributed by atoms with E-state index in [1.54, 1.807) is 12.1 Å². The monoisotopic (exact) mass is 634 g/mol. The Morgan fingerprint density at radius 3 is 1.02 bits per heavy atom. The van der Waals surface area contributed by atoms with Crippen molar-refractivity contribution in [2.75, 3.05) is 0 Å². The summed E-state index contributed by atoms with van der Waals surface area (Å²) in [5, 5.41) is 22.8. The van der Waals surface area contributed by atoms with Gasteiger partial charge in [0.1, 0.15) is 24.7 Å². The average molecular weight is 635 g/mol. The Morgan fingerprint density at radius 1 is 0.396 bits per heavy atom. The van der Waals surface area contributed by atoms with Crippen LogP contribution in [-0.4, -0.2) is 16.4 Å². The van der Waals surface area contributed by atoms with Crippen LogP contribution in [0.15, 0.2) is 146 Å². The van der Waals surface area contributed by atoms with Gasteiger partial charge >= 0.3 is 6.16 Å². The molecule has 0 radical (unpaired) electrons. The number of phenols is 2. The first kappa shape index (κ1) is 32.1. The van der Waals surface area contributed by atoms with Crippen molar-refractivity contribution in [2.24, 2.45) is 0 Å². The first-order valence-corrected chi connectivity index (χ1v) is 16.1. The maximum Gasteiger partial charge on any atom is 0.508 e. The molecule has 2 N–H and O–H groups in total. The van der Waals surface area contributed by atoms with Gasteiger partial charge in [-0.05, 0) is 46.2 Å². The highest BCUT2D eigenvalue weighted by atomic mass is 16.7. The Labute approximate surface area is 281 Å². The highest BCUT2D eigenvalue weighted by Gasteiger charge is 2.18. The molecule has 0 atom stereocenters. The third-order valence-electron chi connectivity index (χ3n) is 8.54. The number of hydrogen-bond acceptors (Lipinski definition) is 5. The number of aromatic hydroxyl groups is 2. The Morgan fingerprint density at radius 2 is 0.688 bits per heavy atom. The van der Waals surface area contributed by atoms with Gasteiger partial charge in [-0.15, -0.1) is 0 Å². The molecule has 0 bridgehead atoms. The smallest absolute Gasteiger partial charge is 0.507 e. The second-order valence-electron chi connectivity index (χ2n) is 11.9. The molecule has 240 valence electrons. The molecule has 0 amide bonds. The Kier molecular flexibility index (Phi) is 10.5. The van der Waals surface area contributed by atoms with Crippen LogP contribution in [0, 0.1) is 0 Å². The van der Waals surface area contributed by atoms with Crippen molar-refractivity contribution in [1.29, 1.82) is 0 Å². The molecular formula is C43H38O5. The highest BCUT2D eigenvalue weighted by Crippen LogP contribution is 2.33. The molecular weight excluding hydrogens is 596 g/mol. The lowest BCUT2D eigenvalue weighted by Gasteiger charge is -2.17. The van der Waals surface area contributed by atoms with Gasteiger partial charge in [-0.2, -0.15) is 0 Å². The summed E-state index contributed by atoms with van der Waals surface area (Å²) in [4.78, 5) is 12.8. The van der Waals surface area contributed by atoms with E-state index in [0.717, 1.165) is 44.5 Å². The summed E-state index contributed by atoms with van der Waals surface area (Å²) in [6, 6.07) is 47.8. The van der Waals surface area contributed by atoms with E-state index in [0.29, 0.717) is 36.8 Å². The van der Waals surface area contributed by atoms with Crippen LogP contribution in [0.25, 0.3) is 0 Å². The van der Waals surface area contributed by atoms with Gasteiger partial charge in [0, 0.05) is 35.1 Å². The van der Waals surface area contributed by atoms with Gasteiger partial charge in [-0.1, -0.05) is 146 Å². The molecule has 0 spiro atoms. The van der Waals surface area contributed by atoms with Crippen molar-refractivity contribution < 1.29 is 24.5 Å². The number of benzene rings is 6. The lowest BCUT2D eigenvalue weighted by molar-refractivity contribution is 0.0438. The van der Waals surface area contributed by atoms with E-state index in [4.69, 9.17) is 9.47 Å². The van der Waals surface area contributed by atoms with Gasteiger partial charge in [0.05, 0.1) is 0 Å². The Balaban J connectivity index is 1.15. The Bertz CT molecular complexity index is 1800.